The van der Waals surface area contributed by atoms with Gasteiger partial charge in [-0.1, -0.05) is 11.6 Å². The lowest BCUT2D eigenvalue weighted by Crippen LogP contribution is -2.46. The number of alkyl halides is 6. The van der Waals surface area contributed by atoms with Gasteiger partial charge in [0.05, 0.1) is 18.1 Å². The predicted octanol–water partition coefficient (Wildman–Crippen LogP) is 6.52. The molecule has 2 aromatic heterocycles. The number of piperidine rings is 1. The molecule has 12 nitrogen and oxygen atoms in total. The molecule has 19 heteroatoms. The van der Waals surface area contributed by atoms with Gasteiger partial charge in [-0.05, 0) is 80.8 Å². The van der Waals surface area contributed by atoms with Crippen molar-refractivity contribution in [2.24, 2.45) is 5.92 Å². The van der Waals surface area contributed by atoms with Crippen molar-refractivity contribution < 1.29 is 45.5 Å². The Balaban J connectivity index is 0.000000417. The van der Waals surface area contributed by atoms with Gasteiger partial charge in [0.2, 0.25) is 11.9 Å². The highest BCUT2D eigenvalue weighted by molar-refractivity contribution is 6.41. The third kappa shape index (κ3) is 11.2. The first-order valence-corrected chi connectivity index (χ1v) is 16.0. The average Bonchev–Trinajstić information content (AvgIpc) is 3.05. The first-order chi connectivity index (χ1) is 23.9. The Bertz CT molecular complexity index is 1740. The molecule has 0 radical (unpaired) electrons. The van der Waals surface area contributed by atoms with Crippen LogP contribution in [0, 0.1) is 5.92 Å². The van der Waals surface area contributed by atoms with Gasteiger partial charge in [0, 0.05) is 43.1 Å². The van der Waals surface area contributed by atoms with Crippen LogP contribution in [0.3, 0.4) is 0 Å². The molecule has 5 rings (SSSR count). The second-order valence-corrected chi connectivity index (χ2v) is 12.4. The zero-order chi connectivity index (χ0) is 37.5. The quantitative estimate of drug-likeness (QED) is 0.169. The Kier molecular flexibility index (Phi) is 12.4. The molecule has 4 N–H and O–H groups in total. The summed E-state index contributed by atoms with van der Waals surface area (Å²) in [6, 6.07) is 7.93. The topological polar surface area (TPSA) is 158 Å². The molecule has 1 fully saturated rings. The van der Waals surface area contributed by atoms with E-state index in [9.17, 15) is 45.5 Å². The smallest absolute Gasteiger partial charge is 0.339 e. The molecule has 6 bridgehead atoms. The number of likely N-dealkylation sites (tertiary alicyclic amines) is 1. The third-order valence-corrected chi connectivity index (χ3v) is 7.91. The fourth-order valence-electron chi connectivity index (χ4n) is 5.15. The Labute approximate surface area is 292 Å². The number of pyridine rings is 1. The van der Waals surface area contributed by atoms with E-state index < -0.39 is 23.9 Å². The highest BCUT2D eigenvalue weighted by Crippen LogP contribution is 2.30. The van der Waals surface area contributed by atoms with Crippen LogP contribution in [0.1, 0.15) is 44.2 Å². The van der Waals surface area contributed by atoms with Gasteiger partial charge in [0.1, 0.15) is 5.02 Å². The van der Waals surface area contributed by atoms with Crippen LogP contribution in [0.2, 0.25) is 5.02 Å². The number of benzene rings is 1. The van der Waals surface area contributed by atoms with Crippen molar-refractivity contribution in [1.82, 2.24) is 25.2 Å². The van der Waals surface area contributed by atoms with E-state index in [-0.39, 0.29) is 23.9 Å². The van der Waals surface area contributed by atoms with E-state index in [1.54, 1.807) is 12.4 Å². The van der Waals surface area contributed by atoms with Crippen molar-refractivity contribution in [3.05, 3.63) is 59.0 Å². The van der Waals surface area contributed by atoms with E-state index in [1.807, 2.05) is 49.2 Å². The molecule has 3 amide bonds. The summed E-state index contributed by atoms with van der Waals surface area (Å²) in [5.74, 6) is -5.69. The van der Waals surface area contributed by atoms with Gasteiger partial charge < -0.3 is 26.2 Å². The molecular weight excluding hydrogens is 710 g/mol. The number of hydrogen-bond acceptors (Lipinski definition) is 9. The maximum Gasteiger partial charge on any atom is 0.458 e. The monoisotopic (exact) mass is 742 g/mol. The molecule has 4 heterocycles. The number of carbonyl (C=O) groups excluding carboxylic acids is 4. The SMILES string of the molecule is CC(C)NC(=O)N1CCC(CC(=O)Nc2ccc3cc2CCc2cncc(c2)Nc2ncc(Cl)c(n2)N3)CC1.O=C(C(=O)C(F)(F)F)C(F)(F)F. The number of nitrogens with one attached hydrogen (secondary N) is 4. The Morgan fingerprint density at radius 2 is 1.59 bits per heavy atom. The second kappa shape index (κ2) is 16.3. The molecule has 0 unspecified atom stereocenters. The van der Waals surface area contributed by atoms with E-state index in [0.717, 1.165) is 47.5 Å². The van der Waals surface area contributed by atoms with Crippen LogP contribution >= 0.6 is 11.6 Å². The first kappa shape index (κ1) is 38.8. The minimum absolute atomic E-state index is 0.0173. The summed E-state index contributed by atoms with van der Waals surface area (Å²) in [6.45, 7) is 5.23. The van der Waals surface area contributed by atoms with Crippen molar-refractivity contribution in [3.63, 3.8) is 0 Å². The number of aromatic nitrogens is 3. The largest absolute Gasteiger partial charge is 0.458 e. The number of amides is 3. The van der Waals surface area contributed by atoms with Crippen LogP contribution in [-0.2, 0) is 27.2 Å². The first-order valence-electron chi connectivity index (χ1n) is 15.6. The van der Waals surface area contributed by atoms with Crippen LogP contribution < -0.4 is 21.3 Å². The summed E-state index contributed by atoms with van der Waals surface area (Å²) >= 11 is 6.36. The minimum Gasteiger partial charge on any atom is -0.339 e. The van der Waals surface area contributed by atoms with E-state index in [0.29, 0.717) is 42.7 Å². The normalized spacial score (nSPS) is 14.7. The standard InChI is InChI=1S/C28H33ClN8O2.C4F6O2/c1-17(2)32-28(39)37-9-7-18(8-10-37)12-25(38)35-24-6-5-21-13-20(24)4-3-19-11-22(15-30-14-19)34-27-31-16-23(29)26(33-21)36-27;5-3(6,7)1(11)2(12)4(8,9)10/h5-6,11,13-18H,3-4,7-10,12H2,1-2H3,(H,32,39)(H,35,38)(H2,31,33,34,36);. The summed E-state index contributed by atoms with van der Waals surface area (Å²) in [4.78, 5) is 59.6. The van der Waals surface area contributed by atoms with E-state index in [4.69, 9.17) is 11.6 Å². The van der Waals surface area contributed by atoms with Crippen LogP contribution in [-0.4, -0.2) is 74.8 Å². The number of Topliss-reactive ketones (excluding diaryl/α,β-unsaturated/α-hetero) is 2. The molecule has 1 aromatic carbocycles. The minimum atomic E-state index is -5.77. The number of aryl methyl sites for hydroxylation is 2. The molecule has 274 valence electrons. The highest BCUT2D eigenvalue weighted by Gasteiger charge is 2.54. The summed E-state index contributed by atoms with van der Waals surface area (Å²) < 4.78 is 67.0. The zero-order valence-corrected chi connectivity index (χ0v) is 28.0. The Morgan fingerprint density at radius 1 is 0.922 bits per heavy atom. The number of anilines is 5. The fraction of sp³-hybridized carbons (Fsp3) is 0.406. The number of rotatable bonds is 5. The van der Waals surface area contributed by atoms with Crippen LogP contribution in [0.15, 0.2) is 42.9 Å². The molecular formula is C32H33ClF6N8O4. The van der Waals surface area contributed by atoms with Crippen LogP contribution in [0.4, 0.5) is 60.0 Å². The maximum absolute atomic E-state index is 13.1. The van der Waals surface area contributed by atoms with Crippen LogP contribution in [0.5, 0.6) is 0 Å². The number of nitrogens with zero attached hydrogens (tertiary/aromatic N) is 4. The van der Waals surface area contributed by atoms with E-state index >= 15 is 0 Å². The Morgan fingerprint density at radius 3 is 2.22 bits per heavy atom. The van der Waals surface area contributed by atoms with Crippen molar-refractivity contribution >= 4 is 63.9 Å². The number of ketones is 2. The lowest BCUT2D eigenvalue weighted by Gasteiger charge is -2.32. The van der Waals surface area contributed by atoms with Gasteiger partial charge in [-0.2, -0.15) is 31.3 Å². The van der Waals surface area contributed by atoms with Crippen molar-refractivity contribution in [1.29, 1.82) is 0 Å². The number of hydrogen-bond donors (Lipinski definition) is 4. The number of carbonyl (C=O) groups is 4. The van der Waals surface area contributed by atoms with E-state index in [1.165, 1.54) is 0 Å². The molecule has 0 atom stereocenters. The van der Waals surface area contributed by atoms with Crippen molar-refractivity contribution in [2.75, 3.05) is 29.0 Å². The van der Waals surface area contributed by atoms with Gasteiger partial charge in [0.15, 0.2) is 5.82 Å². The number of fused-ring (bicyclic) bond motifs is 6. The summed E-state index contributed by atoms with van der Waals surface area (Å²) in [6.07, 6.45) is -2.93. The lowest BCUT2D eigenvalue weighted by molar-refractivity contribution is -0.193. The molecule has 0 aliphatic carbocycles. The van der Waals surface area contributed by atoms with Gasteiger partial charge >= 0.3 is 30.0 Å². The van der Waals surface area contributed by atoms with Gasteiger partial charge in [-0.3, -0.25) is 19.4 Å². The predicted molar refractivity (Wildman–Crippen MR) is 175 cm³/mol. The molecule has 51 heavy (non-hydrogen) atoms. The Hall–Kier alpha value is -5.00. The van der Waals surface area contributed by atoms with E-state index in [2.05, 4.69) is 36.2 Å². The molecule has 0 spiro atoms. The number of urea groups is 1. The summed E-state index contributed by atoms with van der Waals surface area (Å²) in [7, 11) is 0. The lowest BCUT2D eigenvalue weighted by atomic mass is 9.93. The second-order valence-electron chi connectivity index (χ2n) is 12.0. The molecule has 0 saturated carbocycles. The summed E-state index contributed by atoms with van der Waals surface area (Å²) in [5.41, 5.74) is 4.43. The fourth-order valence-corrected chi connectivity index (χ4v) is 5.29. The summed E-state index contributed by atoms with van der Waals surface area (Å²) in [5, 5.41) is 12.9. The number of halogens is 7. The maximum atomic E-state index is 13.1. The van der Waals surface area contributed by atoms with Gasteiger partial charge in [0.25, 0.3) is 0 Å². The van der Waals surface area contributed by atoms with Gasteiger partial charge in [-0.25, -0.2) is 9.78 Å². The molecule has 2 aliphatic heterocycles. The molecule has 2 aliphatic rings. The molecule has 3 aromatic rings. The highest BCUT2D eigenvalue weighted by atomic mass is 35.5. The third-order valence-electron chi connectivity index (χ3n) is 7.63. The zero-order valence-electron chi connectivity index (χ0n) is 27.2. The van der Waals surface area contributed by atoms with Crippen molar-refractivity contribution in [3.8, 4) is 0 Å². The molecule has 1 saturated heterocycles. The van der Waals surface area contributed by atoms with Crippen LogP contribution in [0.25, 0.3) is 0 Å². The average molecular weight is 743 g/mol. The van der Waals surface area contributed by atoms with Crippen molar-refractivity contribution in [2.45, 2.75) is 64.3 Å². The van der Waals surface area contributed by atoms with Gasteiger partial charge in [-0.15, -0.1) is 0 Å².